The number of rotatable bonds is 6. The number of imide groups is 1. The van der Waals surface area contributed by atoms with E-state index < -0.39 is 15.9 Å². The molecule has 3 amide bonds. The number of hydrogen-bond donors (Lipinski definition) is 2. The lowest BCUT2D eigenvalue weighted by Gasteiger charge is -2.19. The predicted molar refractivity (Wildman–Crippen MR) is 114 cm³/mol. The zero-order valence-corrected chi connectivity index (χ0v) is 18.0. The molecule has 0 bridgehead atoms. The van der Waals surface area contributed by atoms with Crippen LogP contribution in [0.2, 0.25) is 0 Å². The lowest BCUT2D eigenvalue weighted by molar-refractivity contribution is -0.140. The van der Waals surface area contributed by atoms with E-state index >= 15 is 0 Å². The average molecular weight is 447 g/mol. The van der Waals surface area contributed by atoms with Gasteiger partial charge in [0.2, 0.25) is 17.7 Å². The van der Waals surface area contributed by atoms with Crippen molar-refractivity contribution in [2.24, 2.45) is 16.8 Å². The molecule has 2 N–H and O–H groups in total. The van der Waals surface area contributed by atoms with Gasteiger partial charge in [-0.3, -0.25) is 29.0 Å². The van der Waals surface area contributed by atoms with Crippen molar-refractivity contribution in [2.45, 2.75) is 49.8 Å². The van der Waals surface area contributed by atoms with Gasteiger partial charge in [-0.05, 0) is 37.5 Å². The highest BCUT2D eigenvalue weighted by atomic mass is 32.2. The highest BCUT2D eigenvalue weighted by Gasteiger charge is 2.47. The van der Waals surface area contributed by atoms with E-state index in [-0.39, 0.29) is 41.5 Å². The maximum absolute atomic E-state index is 12.5. The van der Waals surface area contributed by atoms with E-state index in [4.69, 9.17) is 0 Å². The van der Waals surface area contributed by atoms with Crippen LogP contribution in [0.1, 0.15) is 44.9 Å². The minimum Gasteiger partial charge on any atom is -0.326 e. The van der Waals surface area contributed by atoms with Crippen LogP contribution < -0.4 is 10.0 Å². The van der Waals surface area contributed by atoms with Gasteiger partial charge in [0.25, 0.3) is 10.0 Å². The molecule has 0 spiro atoms. The molecule has 0 unspecified atom stereocenters. The van der Waals surface area contributed by atoms with Crippen molar-refractivity contribution < 1.29 is 22.8 Å². The number of carbonyl (C=O) groups excluding carboxylic acids is 3. The molecule has 1 aromatic rings. The summed E-state index contributed by atoms with van der Waals surface area (Å²) in [5.74, 6) is -0.757. The van der Waals surface area contributed by atoms with Gasteiger partial charge in [-0.1, -0.05) is 18.9 Å². The molecule has 1 saturated heterocycles. The summed E-state index contributed by atoms with van der Waals surface area (Å²) in [6.45, 7) is 0.646. The Balaban J connectivity index is 1.35. The summed E-state index contributed by atoms with van der Waals surface area (Å²) in [6.07, 6.45) is 4.75. The van der Waals surface area contributed by atoms with Crippen LogP contribution in [0.4, 0.5) is 5.69 Å². The molecule has 2 aliphatic heterocycles. The molecular weight excluding hydrogens is 420 g/mol. The Morgan fingerprint density at radius 1 is 1.10 bits per heavy atom. The largest absolute Gasteiger partial charge is 0.326 e. The second-order valence-electron chi connectivity index (χ2n) is 8.19. The van der Waals surface area contributed by atoms with E-state index in [1.807, 2.05) is 0 Å². The minimum atomic E-state index is -3.78. The Bertz CT molecular complexity index is 1010. The molecule has 1 aromatic carbocycles. The topological polar surface area (TPSA) is 125 Å². The van der Waals surface area contributed by atoms with E-state index in [0.29, 0.717) is 24.5 Å². The number of nitrogens with zero attached hydrogens (tertiary/aromatic N) is 2. The first-order chi connectivity index (χ1) is 14.8. The number of fused-ring (bicyclic) bond motifs is 1. The maximum Gasteiger partial charge on any atom is 0.262 e. The third-order valence-electron chi connectivity index (χ3n) is 6.05. The fourth-order valence-electron chi connectivity index (χ4n) is 4.47. The van der Waals surface area contributed by atoms with Gasteiger partial charge in [-0.15, -0.1) is 0 Å². The van der Waals surface area contributed by atoms with Crippen molar-refractivity contribution in [1.29, 1.82) is 0 Å². The molecule has 2 atom stereocenters. The number of nitrogens with one attached hydrogen (secondary N) is 2. The molecule has 1 saturated carbocycles. The normalized spacial score (nSPS) is 23.5. The van der Waals surface area contributed by atoms with Gasteiger partial charge in [0.1, 0.15) is 5.84 Å². The number of hydrogen-bond acceptors (Lipinski definition) is 6. The number of benzene rings is 1. The van der Waals surface area contributed by atoms with Crippen LogP contribution in [0.25, 0.3) is 0 Å². The molecule has 0 radical (unpaired) electrons. The number of sulfonamides is 1. The first-order valence-corrected chi connectivity index (χ1v) is 12.1. The second-order valence-corrected chi connectivity index (χ2v) is 9.87. The van der Waals surface area contributed by atoms with Crippen LogP contribution in [-0.4, -0.2) is 50.0 Å². The van der Waals surface area contributed by atoms with Crippen molar-refractivity contribution in [3.05, 3.63) is 24.3 Å². The fraction of sp³-hybridized carbons (Fsp3) is 0.524. The highest BCUT2D eigenvalue weighted by molar-refractivity contribution is 7.90. The van der Waals surface area contributed by atoms with Crippen LogP contribution in [0.3, 0.4) is 0 Å². The van der Waals surface area contributed by atoms with Crippen molar-refractivity contribution in [3.8, 4) is 0 Å². The zero-order chi connectivity index (χ0) is 22.0. The quantitative estimate of drug-likeness (QED) is 0.643. The van der Waals surface area contributed by atoms with Crippen molar-refractivity contribution in [1.82, 2.24) is 9.62 Å². The van der Waals surface area contributed by atoms with Crippen LogP contribution in [-0.2, 0) is 24.4 Å². The van der Waals surface area contributed by atoms with E-state index in [1.54, 1.807) is 12.1 Å². The summed E-state index contributed by atoms with van der Waals surface area (Å²) < 4.78 is 27.5. The van der Waals surface area contributed by atoms with Crippen LogP contribution in [0.5, 0.6) is 0 Å². The Labute approximate surface area is 181 Å². The number of carbonyl (C=O) groups is 3. The van der Waals surface area contributed by atoms with Gasteiger partial charge in [-0.25, -0.2) is 8.42 Å². The minimum absolute atomic E-state index is 0.0221. The molecule has 9 nitrogen and oxygen atoms in total. The summed E-state index contributed by atoms with van der Waals surface area (Å²) in [5.41, 5.74) is 0.328. The Kier molecular flexibility index (Phi) is 6.08. The van der Waals surface area contributed by atoms with Crippen molar-refractivity contribution in [3.63, 3.8) is 0 Å². The van der Waals surface area contributed by atoms with Gasteiger partial charge >= 0.3 is 0 Å². The summed E-state index contributed by atoms with van der Waals surface area (Å²) in [5, 5.41) is 2.65. The first-order valence-electron chi connectivity index (χ1n) is 10.7. The van der Waals surface area contributed by atoms with Gasteiger partial charge in [0.05, 0.1) is 16.7 Å². The molecular formula is C21H26N4O5S. The molecule has 166 valence electrons. The fourth-order valence-corrected chi connectivity index (χ4v) is 5.60. The molecule has 0 aromatic heterocycles. The number of aliphatic imine (C=N–C) groups is 1. The van der Waals surface area contributed by atoms with E-state index in [2.05, 4.69) is 15.0 Å². The Hall–Kier alpha value is -2.75. The summed E-state index contributed by atoms with van der Waals surface area (Å²) in [7, 11) is -3.78. The average Bonchev–Trinajstić information content (AvgIpc) is 3.33. The van der Waals surface area contributed by atoms with Gasteiger partial charge in [0.15, 0.2) is 0 Å². The van der Waals surface area contributed by atoms with Crippen LogP contribution in [0.15, 0.2) is 34.2 Å². The maximum atomic E-state index is 12.5. The zero-order valence-electron chi connectivity index (χ0n) is 17.2. The van der Waals surface area contributed by atoms with Gasteiger partial charge in [-0.2, -0.15) is 0 Å². The Morgan fingerprint density at radius 2 is 1.81 bits per heavy atom. The monoisotopic (exact) mass is 446 g/mol. The van der Waals surface area contributed by atoms with Crippen LogP contribution in [0, 0.1) is 11.8 Å². The summed E-state index contributed by atoms with van der Waals surface area (Å²) >= 11 is 0. The first kappa shape index (κ1) is 21.5. The van der Waals surface area contributed by atoms with Crippen molar-refractivity contribution >= 4 is 39.3 Å². The third kappa shape index (κ3) is 4.63. The van der Waals surface area contributed by atoms with E-state index in [0.717, 1.165) is 32.1 Å². The van der Waals surface area contributed by atoms with Gasteiger partial charge in [0, 0.05) is 31.6 Å². The smallest absolute Gasteiger partial charge is 0.262 e. The lowest BCUT2D eigenvalue weighted by atomic mass is 9.81. The number of amidine groups is 1. The molecule has 10 heteroatoms. The number of anilines is 1. The number of amides is 3. The second kappa shape index (κ2) is 8.78. The molecule has 2 heterocycles. The third-order valence-corrected chi connectivity index (χ3v) is 7.43. The molecule has 2 fully saturated rings. The van der Waals surface area contributed by atoms with E-state index in [1.165, 1.54) is 17.0 Å². The van der Waals surface area contributed by atoms with E-state index in [9.17, 15) is 22.8 Å². The predicted octanol–water partition coefficient (Wildman–Crippen LogP) is 1.66. The molecule has 1 aliphatic carbocycles. The Morgan fingerprint density at radius 3 is 2.45 bits per heavy atom. The SMILES string of the molecule is O=C(CCN1C(=O)[C@H]2CCCC[C@H]2C1=O)Nc1cccc(S(=O)(=O)NC2=NCCC2)c1. The standard InChI is InChI=1S/C21H26N4O5S/c26-19(10-12-25-20(27)16-7-1-2-8-17(16)21(25)28)23-14-5-3-6-15(13-14)31(29,30)24-18-9-4-11-22-18/h3,5-6,13,16-17H,1-2,4,7-12H2,(H,22,24)(H,23,26)/t16-,17+. The summed E-state index contributed by atoms with van der Waals surface area (Å²) in [6, 6.07) is 5.94. The molecule has 31 heavy (non-hydrogen) atoms. The number of likely N-dealkylation sites (tertiary alicyclic amines) is 1. The highest BCUT2D eigenvalue weighted by Crippen LogP contribution is 2.38. The lowest BCUT2D eigenvalue weighted by Crippen LogP contribution is -2.34. The van der Waals surface area contributed by atoms with Gasteiger partial charge < -0.3 is 5.32 Å². The molecule has 3 aliphatic rings. The summed E-state index contributed by atoms with van der Waals surface area (Å²) in [4.78, 5) is 42.8. The van der Waals surface area contributed by atoms with Crippen LogP contribution >= 0.6 is 0 Å². The van der Waals surface area contributed by atoms with Crippen molar-refractivity contribution in [2.75, 3.05) is 18.4 Å². The molecule has 4 rings (SSSR count).